The van der Waals surface area contributed by atoms with E-state index < -0.39 is 0 Å². The number of likely N-dealkylation sites (N-methyl/N-ethyl adjacent to an activating group) is 1. The van der Waals surface area contributed by atoms with E-state index in [1.54, 1.807) is 38.6 Å². The van der Waals surface area contributed by atoms with E-state index in [-0.39, 0.29) is 11.4 Å². The predicted octanol–water partition coefficient (Wildman–Crippen LogP) is 3.26. The molecule has 1 heterocycles. The number of nitrogens with zero attached hydrogens (tertiary/aromatic N) is 2. The zero-order valence-corrected chi connectivity index (χ0v) is 16.8. The van der Waals surface area contributed by atoms with Gasteiger partial charge < -0.3 is 19.7 Å². The molecular weight excluding hydrogens is 342 g/mol. The summed E-state index contributed by atoms with van der Waals surface area (Å²) in [6.07, 6.45) is 4.33. The zero-order chi connectivity index (χ0) is 19.9. The third-order valence-electron chi connectivity index (χ3n) is 4.68. The highest BCUT2D eigenvalue weighted by atomic mass is 16.5. The molecule has 1 aromatic carbocycles. The average molecular weight is 371 g/mol. The van der Waals surface area contributed by atoms with E-state index in [0.29, 0.717) is 24.6 Å². The summed E-state index contributed by atoms with van der Waals surface area (Å²) in [6.45, 7) is 5.34. The van der Waals surface area contributed by atoms with Gasteiger partial charge in [0.05, 0.1) is 14.2 Å². The fraction of sp³-hybridized carbons (Fsp3) is 0.429. The van der Waals surface area contributed by atoms with E-state index in [0.717, 1.165) is 17.5 Å². The number of urea groups is 1. The highest BCUT2D eigenvalue weighted by Crippen LogP contribution is 2.32. The number of aromatic nitrogens is 1. The molecule has 2 aromatic rings. The van der Waals surface area contributed by atoms with Crippen LogP contribution in [-0.2, 0) is 11.8 Å². The van der Waals surface area contributed by atoms with Crippen LogP contribution in [0.3, 0.4) is 0 Å². The van der Waals surface area contributed by atoms with Gasteiger partial charge in [-0.1, -0.05) is 19.9 Å². The van der Waals surface area contributed by atoms with Crippen molar-refractivity contribution in [3.8, 4) is 11.5 Å². The van der Waals surface area contributed by atoms with Crippen molar-refractivity contribution in [3.63, 3.8) is 0 Å². The predicted molar refractivity (Wildman–Crippen MR) is 107 cm³/mol. The molecule has 146 valence electrons. The minimum Gasteiger partial charge on any atom is -0.493 e. The van der Waals surface area contributed by atoms with Gasteiger partial charge in [-0.05, 0) is 41.8 Å². The van der Waals surface area contributed by atoms with Crippen molar-refractivity contribution in [1.29, 1.82) is 0 Å². The lowest BCUT2D eigenvalue weighted by Gasteiger charge is -2.28. The van der Waals surface area contributed by atoms with Crippen LogP contribution >= 0.6 is 0 Å². The van der Waals surface area contributed by atoms with Crippen LogP contribution in [0.2, 0.25) is 0 Å². The number of carbonyl (C=O) groups is 1. The van der Waals surface area contributed by atoms with E-state index >= 15 is 0 Å². The van der Waals surface area contributed by atoms with Crippen molar-refractivity contribution in [2.75, 3.05) is 34.4 Å². The van der Waals surface area contributed by atoms with Crippen LogP contribution in [0.15, 0.2) is 42.7 Å². The zero-order valence-electron chi connectivity index (χ0n) is 16.8. The lowest BCUT2D eigenvalue weighted by atomic mass is 9.84. The standard InChI is InChI=1S/C21H29N3O3/c1-21(2,17-6-7-18(26-4)19(14-17)27-5)15-23-20(25)24(3)13-10-16-8-11-22-12-9-16/h6-9,11-12,14H,10,13,15H2,1-5H3,(H,23,25). The lowest BCUT2D eigenvalue weighted by Crippen LogP contribution is -2.43. The Morgan fingerprint density at radius 2 is 1.78 bits per heavy atom. The molecule has 2 amide bonds. The van der Waals surface area contributed by atoms with E-state index in [4.69, 9.17) is 9.47 Å². The first-order chi connectivity index (χ1) is 12.9. The number of amides is 2. The molecule has 27 heavy (non-hydrogen) atoms. The molecule has 0 radical (unpaired) electrons. The van der Waals surface area contributed by atoms with Crippen LogP contribution < -0.4 is 14.8 Å². The Morgan fingerprint density at radius 1 is 1.11 bits per heavy atom. The second-order valence-corrected chi connectivity index (χ2v) is 7.14. The van der Waals surface area contributed by atoms with E-state index in [9.17, 15) is 4.79 Å². The summed E-state index contributed by atoms with van der Waals surface area (Å²) in [5.74, 6) is 1.38. The minimum absolute atomic E-state index is 0.0855. The number of rotatable bonds is 8. The van der Waals surface area contributed by atoms with Crippen LogP contribution in [0, 0.1) is 0 Å². The molecule has 2 rings (SSSR count). The number of hydrogen-bond donors (Lipinski definition) is 1. The summed E-state index contributed by atoms with van der Waals surface area (Å²) >= 11 is 0. The van der Waals surface area contributed by atoms with Crippen molar-refractivity contribution >= 4 is 6.03 Å². The van der Waals surface area contributed by atoms with Gasteiger partial charge in [-0.3, -0.25) is 4.98 Å². The van der Waals surface area contributed by atoms with Crippen LogP contribution in [0.5, 0.6) is 11.5 Å². The van der Waals surface area contributed by atoms with Gasteiger partial charge >= 0.3 is 6.03 Å². The summed E-state index contributed by atoms with van der Waals surface area (Å²) in [4.78, 5) is 18.1. The molecule has 0 unspecified atom stereocenters. The monoisotopic (exact) mass is 371 g/mol. The van der Waals surface area contributed by atoms with Crippen molar-refractivity contribution < 1.29 is 14.3 Å². The summed E-state index contributed by atoms with van der Waals surface area (Å²) < 4.78 is 10.7. The number of nitrogens with one attached hydrogen (secondary N) is 1. The Labute approximate surface area is 161 Å². The largest absolute Gasteiger partial charge is 0.493 e. The Kier molecular flexibility index (Phi) is 7.05. The third kappa shape index (κ3) is 5.61. The molecule has 1 N–H and O–H groups in total. The number of carbonyl (C=O) groups excluding carboxylic acids is 1. The van der Waals surface area contributed by atoms with Gasteiger partial charge in [0, 0.05) is 37.9 Å². The Bertz CT molecular complexity index is 748. The first kappa shape index (κ1) is 20.6. The topological polar surface area (TPSA) is 63.7 Å². The maximum absolute atomic E-state index is 12.4. The third-order valence-corrected chi connectivity index (χ3v) is 4.68. The van der Waals surface area contributed by atoms with Crippen LogP contribution in [0.1, 0.15) is 25.0 Å². The van der Waals surface area contributed by atoms with E-state index in [1.165, 1.54) is 0 Å². The molecule has 6 heteroatoms. The average Bonchev–Trinajstić information content (AvgIpc) is 2.70. The molecule has 0 aliphatic carbocycles. The molecule has 0 saturated heterocycles. The van der Waals surface area contributed by atoms with E-state index in [2.05, 4.69) is 24.1 Å². The maximum Gasteiger partial charge on any atom is 0.317 e. The molecule has 0 bridgehead atoms. The van der Waals surface area contributed by atoms with Crippen LogP contribution in [0.4, 0.5) is 4.79 Å². The molecule has 0 saturated carbocycles. The smallest absolute Gasteiger partial charge is 0.317 e. The molecule has 0 fully saturated rings. The molecule has 0 atom stereocenters. The van der Waals surface area contributed by atoms with Gasteiger partial charge in [0.2, 0.25) is 0 Å². The van der Waals surface area contributed by atoms with Gasteiger partial charge in [-0.2, -0.15) is 0 Å². The Balaban J connectivity index is 1.92. The number of pyridine rings is 1. The van der Waals surface area contributed by atoms with Gasteiger partial charge in [0.1, 0.15) is 0 Å². The van der Waals surface area contributed by atoms with E-state index in [1.807, 2.05) is 30.3 Å². The number of hydrogen-bond acceptors (Lipinski definition) is 4. The quantitative estimate of drug-likeness (QED) is 0.774. The molecule has 0 aliphatic heterocycles. The second kappa shape index (κ2) is 9.26. The van der Waals surface area contributed by atoms with Crippen LogP contribution in [-0.4, -0.2) is 50.3 Å². The maximum atomic E-state index is 12.4. The molecule has 1 aromatic heterocycles. The van der Waals surface area contributed by atoms with Gasteiger partial charge in [-0.15, -0.1) is 0 Å². The number of benzene rings is 1. The SMILES string of the molecule is COc1ccc(C(C)(C)CNC(=O)N(C)CCc2ccncc2)cc1OC. The highest BCUT2D eigenvalue weighted by molar-refractivity contribution is 5.74. The van der Waals surface area contributed by atoms with Crippen molar-refractivity contribution in [2.24, 2.45) is 0 Å². The fourth-order valence-electron chi connectivity index (χ4n) is 2.74. The second-order valence-electron chi connectivity index (χ2n) is 7.14. The molecule has 0 spiro atoms. The highest BCUT2D eigenvalue weighted by Gasteiger charge is 2.23. The van der Waals surface area contributed by atoms with Gasteiger partial charge in [0.25, 0.3) is 0 Å². The van der Waals surface area contributed by atoms with Crippen molar-refractivity contribution in [1.82, 2.24) is 15.2 Å². The van der Waals surface area contributed by atoms with Crippen molar-refractivity contribution in [3.05, 3.63) is 53.9 Å². The Hall–Kier alpha value is -2.76. The van der Waals surface area contributed by atoms with Gasteiger partial charge in [0.15, 0.2) is 11.5 Å². The summed E-state index contributed by atoms with van der Waals surface area (Å²) in [7, 11) is 5.04. The fourth-order valence-corrected chi connectivity index (χ4v) is 2.74. The first-order valence-corrected chi connectivity index (χ1v) is 8.98. The summed E-state index contributed by atoms with van der Waals surface area (Å²) in [6, 6.07) is 9.69. The summed E-state index contributed by atoms with van der Waals surface area (Å²) in [5.41, 5.74) is 1.98. The molecule has 6 nitrogen and oxygen atoms in total. The number of methoxy groups -OCH3 is 2. The first-order valence-electron chi connectivity index (χ1n) is 8.98. The Morgan fingerprint density at radius 3 is 2.41 bits per heavy atom. The molecular formula is C21H29N3O3. The van der Waals surface area contributed by atoms with Gasteiger partial charge in [-0.25, -0.2) is 4.79 Å². The lowest BCUT2D eigenvalue weighted by molar-refractivity contribution is 0.207. The molecule has 0 aliphatic rings. The minimum atomic E-state index is -0.249. The normalized spacial score (nSPS) is 11.0. The van der Waals surface area contributed by atoms with Crippen molar-refractivity contribution in [2.45, 2.75) is 25.7 Å². The van der Waals surface area contributed by atoms with Crippen LogP contribution in [0.25, 0.3) is 0 Å². The summed E-state index contributed by atoms with van der Waals surface area (Å²) in [5, 5.41) is 3.03. The number of ether oxygens (including phenoxy) is 2.